The molecule has 0 saturated carbocycles. The van der Waals surface area contributed by atoms with Crippen LogP contribution in [-0.2, 0) is 4.79 Å². The van der Waals surface area contributed by atoms with Crippen LogP contribution in [0.25, 0.3) is 0 Å². The molecule has 1 N–H and O–H groups in total. The second kappa shape index (κ2) is 9.21. The molecule has 1 aliphatic heterocycles. The molecule has 1 aromatic carbocycles. The molecule has 3 rings (SSSR count). The number of carbonyl (C=O) groups is 2. The zero-order valence-electron chi connectivity index (χ0n) is 14.7. The van der Waals surface area contributed by atoms with Crippen LogP contribution < -0.4 is 5.32 Å². The first-order chi connectivity index (χ1) is 13.0. The van der Waals surface area contributed by atoms with Crippen LogP contribution in [0, 0.1) is 0 Å². The smallest absolute Gasteiger partial charge is 0.254 e. The summed E-state index contributed by atoms with van der Waals surface area (Å²) in [5.74, 6) is -0.316. The van der Waals surface area contributed by atoms with Crippen LogP contribution in [0.1, 0.15) is 23.2 Å². The van der Waals surface area contributed by atoms with Gasteiger partial charge in [-0.25, -0.2) is 0 Å². The quantitative estimate of drug-likeness (QED) is 0.758. The highest BCUT2D eigenvalue weighted by Crippen LogP contribution is 2.23. The molecule has 27 heavy (non-hydrogen) atoms. The number of benzene rings is 1. The highest BCUT2D eigenvalue weighted by atomic mass is 35.5. The van der Waals surface area contributed by atoms with Crippen LogP contribution >= 0.6 is 23.2 Å². The molecule has 0 bridgehead atoms. The molecule has 1 fully saturated rings. The van der Waals surface area contributed by atoms with Gasteiger partial charge in [0, 0.05) is 24.7 Å². The molecule has 0 unspecified atom stereocenters. The lowest BCUT2D eigenvalue weighted by molar-refractivity contribution is -0.117. The van der Waals surface area contributed by atoms with E-state index in [0.29, 0.717) is 34.5 Å². The van der Waals surface area contributed by atoms with E-state index in [0.717, 1.165) is 25.9 Å². The van der Waals surface area contributed by atoms with E-state index in [9.17, 15) is 9.59 Å². The van der Waals surface area contributed by atoms with E-state index in [2.05, 4.69) is 15.4 Å². The van der Waals surface area contributed by atoms with Crippen molar-refractivity contribution in [3.8, 4) is 0 Å². The van der Waals surface area contributed by atoms with Gasteiger partial charge in [-0.15, -0.1) is 0 Å². The molecule has 0 aliphatic carbocycles. The van der Waals surface area contributed by atoms with Crippen molar-refractivity contribution >= 4 is 40.8 Å². The first-order valence-electron chi connectivity index (χ1n) is 8.70. The number of amides is 2. The molecule has 2 heterocycles. The molecule has 9 heteroatoms. The van der Waals surface area contributed by atoms with Gasteiger partial charge < -0.3 is 19.6 Å². The van der Waals surface area contributed by atoms with Crippen LogP contribution in [0.15, 0.2) is 35.1 Å². The van der Waals surface area contributed by atoms with Crippen LogP contribution in [-0.4, -0.2) is 59.5 Å². The van der Waals surface area contributed by atoms with Gasteiger partial charge in [0.2, 0.25) is 5.91 Å². The van der Waals surface area contributed by atoms with Crippen molar-refractivity contribution in [2.24, 2.45) is 0 Å². The maximum Gasteiger partial charge on any atom is 0.254 e. The van der Waals surface area contributed by atoms with Gasteiger partial charge >= 0.3 is 0 Å². The van der Waals surface area contributed by atoms with Gasteiger partial charge in [0.1, 0.15) is 12.8 Å². The lowest BCUT2D eigenvalue weighted by Crippen LogP contribution is -2.42. The summed E-state index contributed by atoms with van der Waals surface area (Å²) in [6.45, 7) is 3.08. The number of aromatic nitrogens is 1. The summed E-state index contributed by atoms with van der Waals surface area (Å²) < 4.78 is 4.70. The van der Waals surface area contributed by atoms with E-state index < -0.39 is 0 Å². The SMILES string of the molecule is O=C(CN(CCN1CCCC1)C(=O)c1ccc(Cl)c(Cl)c1)Nc1ccon1. The molecule has 1 aliphatic rings. The highest BCUT2D eigenvalue weighted by Gasteiger charge is 2.22. The molecule has 2 aromatic rings. The fourth-order valence-corrected chi connectivity index (χ4v) is 3.26. The highest BCUT2D eigenvalue weighted by molar-refractivity contribution is 6.42. The van der Waals surface area contributed by atoms with E-state index in [4.69, 9.17) is 27.7 Å². The summed E-state index contributed by atoms with van der Waals surface area (Å²) in [5.41, 5.74) is 0.389. The Morgan fingerprint density at radius 2 is 1.96 bits per heavy atom. The van der Waals surface area contributed by atoms with Gasteiger partial charge in [-0.05, 0) is 44.1 Å². The zero-order chi connectivity index (χ0) is 19.2. The van der Waals surface area contributed by atoms with Gasteiger partial charge in [-0.1, -0.05) is 28.4 Å². The Hall–Kier alpha value is -2.09. The third-order valence-electron chi connectivity index (χ3n) is 4.38. The lowest BCUT2D eigenvalue weighted by atomic mass is 10.2. The number of hydrogen-bond donors (Lipinski definition) is 1. The Bertz CT molecular complexity index is 792. The number of nitrogens with zero attached hydrogens (tertiary/aromatic N) is 3. The topological polar surface area (TPSA) is 78.7 Å². The third kappa shape index (κ3) is 5.45. The Kier molecular flexibility index (Phi) is 6.71. The maximum atomic E-state index is 12.9. The standard InChI is InChI=1S/C18H20Cl2N4O3/c19-14-4-3-13(11-15(14)20)18(26)24(9-8-23-6-1-2-7-23)12-17(25)21-16-5-10-27-22-16/h3-5,10-11H,1-2,6-9,12H2,(H,21,22,25). The van der Waals surface area contributed by atoms with E-state index in [1.54, 1.807) is 12.1 Å². The van der Waals surface area contributed by atoms with Gasteiger partial charge in [0.05, 0.1) is 10.0 Å². The molecular formula is C18H20Cl2N4O3. The predicted octanol–water partition coefficient (Wildman–Crippen LogP) is 3.16. The molecule has 7 nitrogen and oxygen atoms in total. The fourth-order valence-electron chi connectivity index (χ4n) is 2.97. The summed E-state index contributed by atoms with van der Waals surface area (Å²) in [4.78, 5) is 29.1. The van der Waals surface area contributed by atoms with E-state index in [-0.39, 0.29) is 18.4 Å². The number of nitrogens with one attached hydrogen (secondary N) is 1. The minimum Gasteiger partial charge on any atom is -0.363 e. The Morgan fingerprint density at radius 3 is 2.63 bits per heavy atom. The van der Waals surface area contributed by atoms with Crippen molar-refractivity contribution < 1.29 is 14.1 Å². The predicted molar refractivity (Wildman–Crippen MR) is 103 cm³/mol. The third-order valence-corrected chi connectivity index (χ3v) is 5.12. The Balaban J connectivity index is 1.69. The monoisotopic (exact) mass is 410 g/mol. The molecule has 1 saturated heterocycles. The van der Waals surface area contributed by atoms with E-state index >= 15 is 0 Å². The largest absolute Gasteiger partial charge is 0.363 e. The molecule has 0 radical (unpaired) electrons. The number of anilines is 1. The van der Waals surface area contributed by atoms with Gasteiger partial charge in [-0.2, -0.15) is 0 Å². The molecule has 0 atom stereocenters. The Morgan fingerprint density at radius 1 is 1.19 bits per heavy atom. The van der Waals surface area contributed by atoms with Gasteiger partial charge in [-0.3, -0.25) is 9.59 Å². The normalized spacial score (nSPS) is 14.3. The average Bonchev–Trinajstić information content (AvgIpc) is 3.34. The van der Waals surface area contributed by atoms with Crippen LogP contribution in [0.3, 0.4) is 0 Å². The summed E-state index contributed by atoms with van der Waals surface area (Å²) in [6, 6.07) is 6.23. The number of carbonyl (C=O) groups excluding carboxylic acids is 2. The van der Waals surface area contributed by atoms with Crippen molar-refractivity contribution in [2.75, 3.05) is 38.0 Å². The summed E-state index contributed by atoms with van der Waals surface area (Å²) >= 11 is 12.0. The first-order valence-corrected chi connectivity index (χ1v) is 9.45. The van der Waals surface area contributed by atoms with Crippen molar-refractivity contribution in [2.45, 2.75) is 12.8 Å². The molecule has 2 amide bonds. The van der Waals surface area contributed by atoms with E-state index in [1.165, 1.54) is 23.3 Å². The molecule has 144 valence electrons. The van der Waals surface area contributed by atoms with Crippen molar-refractivity contribution in [1.29, 1.82) is 0 Å². The zero-order valence-corrected chi connectivity index (χ0v) is 16.2. The van der Waals surface area contributed by atoms with Crippen molar-refractivity contribution in [3.05, 3.63) is 46.1 Å². The summed E-state index contributed by atoms with van der Waals surface area (Å²) in [7, 11) is 0. The maximum absolute atomic E-state index is 12.9. The first kappa shape index (κ1) is 19.7. The molecule has 1 aromatic heterocycles. The second-order valence-electron chi connectivity index (χ2n) is 6.34. The van der Waals surface area contributed by atoms with Crippen LogP contribution in [0.4, 0.5) is 5.82 Å². The lowest BCUT2D eigenvalue weighted by Gasteiger charge is -2.25. The minimum atomic E-state index is -0.348. The van der Waals surface area contributed by atoms with Crippen LogP contribution in [0.5, 0.6) is 0 Å². The summed E-state index contributed by atoms with van der Waals surface area (Å²) in [6.07, 6.45) is 3.68. The summed E-state index contributed by atoms with van der Waals surface area (Å²) in [5, 5.41) is 6.93. The van der Waals surface area contributed by atoms with Gasteiger partial charge in [0.25, 0.3) is 5.91 Å². The molecular weight excluding hydrogens is 391 g/mol. The molecule has 0 spiro atoms. The number of likely N-dealkylation sites (tertiary alicyclic amines) is 1. The number of halogens is 2. The van der Waals surface area contributed by atoms with Crippen molar-refractivity contribution in [3.63, 3.8) is 0 Å². The minimum absolute atomic E-state index is 0.0974. The van der Waals surface area contributed by atoms with E-state index in [1.807, 2.05) is 0 Å². The van der Waals surface area contributed by atoms with Crippen molar-refractivity contribution in [1.82, 2.24) is 15.0 Å². The fraction of sp³-hybridized carbons (Fsp3) is 0.389. The Labute approximate surface area is 167 Å². The van der Waals surface area contributed by atoms with Gasteiger partial charge in [0.15, 0.2) is 5.82 Å². The van der Waals surface area contributed by atoms with Crippen LogP contribution in [0.2, 0.25) is 10.0 Å². The average molecular weight is 411 g/mol. The second-order valence-corrected chi connectivity index (χ2v) is 7.15. The number of hydrogen-bond acceptors (Lipinski definition) is 5. The number of rotatable bonds is 7.